The molecule has 1 N–H and O–H groups in total. The highest BCUT2D eigenvalue weighted by molar-refractivity contribution is 7.90. The summed E-state index contributed by atoms with van der Waals surface area (Å²) in [6, 6.07) is 11.8. The Bertz CT molecular complexity index is 953. The first-order valence-electron chi connectivity index (χ1n) is 9.36. The Morgan fingerprint density at radius 2 is 1.86 bits per heavy atom. The Labute approximate surface area is 171 Å². The molecule has 0 atom stereocenters. The molecule has 7 heteroatoms. The van der Waals surface area contributed by atoms with Gasteiger partial charge in [-0.25, -0.2) is 8.42 Å². The van der Waals surface area contributed by atoms with E-state index in [1.54, 1.807) is 30.3 Å². The highest BCUT2D eigenvalue weighted by Crippen LogP contribution is 2.38. The maximum atomic E-state index is 12.4. The van der Waals surface area contributed by atoms with Crippen LogP contribution in [0.3, 0.4) is 0 Å². The van der Waals surface area contributed by atoms with E-state index in [1.807, 2.05) is 6.07 Å². The molecule has 0 aliphatic heterocycles. The van der Waals surface area contributed by atoms with Crippen molar-refractivity contribution in [2.24, 2.45) is 0 Å². The number of ether oxygens (including phenoxy) is 1. The van der Waals surface area contributed by atoms with Crippen LogP contribution in [-0.4, -0.2) is 27.2 Å². The van der Waals surface area contributed by atoms with Gasteiger partial charge in [-0.15, -0.1) is 0 Å². The molecule has 1 aliphatic rings. The van der Waals surface area contributed by atoms with Gasteiger partial charge in [0.15, 0.2) is 16.4 Å². The van der Waals surface area contributed by atoms with E-state index in [-0.39, 0.29) is 17.2 Å². The fraction of sp³-hybridized carbons (Fsp3) is 0.381. The third-order valence-electron chi connectivity index (χ3n) is 4.94. The molecule has 0 heterocycles. The summed E-state index contributed by atoms with van der Waals surface area (Å²) in [6.45, 7) is -0.209. The lowest BCUT2D eigenvalue weighted by Crippen LogP contribution is -2.22. The highest BCUT2D eigenvalue weighted by Gasteiger charge is 2.20. The lowest BCUT2D eigenvalue weighted by molar-refractivity contribution is -0.118. The van der Waals surface area contributed by atoms with Crippen molar-refractivity contribution in [1.29, 1.82) is 0 Å². The van der Waals surface area contributed by atoms with Gasteiger partial charge in [0.05, 0.1) is 10.6 Å². The minimum absolute atomic E-state index is 0.0812. The van der Waals surface area contributed by atoms with Gasteiger partial charge in [0.1, 0.15) is 5.75 Å². The number of amides is 1. The van der Waals surface area contributed by atoms with E-state index in [1.165, 1.54) is 25.3 Å². The van der Waals surface area contributed by atoms with Crippen LogP contribution in [-0.2, 0) is 14.6 Å². The predicted molar refractivity (Wildman–Crippen MR) is 111 cm³/mol. The molecular formula is C21H24ClNO4S. The summed E-state index contributed by atoms with van der Waals surface area (Å²) in [5.74, 6) is 0.625. The second-order valence-electron chi connectivity index (χ2n) is 7.12. The van der Waals surface area contributed by atoms with Crippen molar-refractivity contribution < 1.29 is 17.9 Å². The first-order valence-corrected chi connectivity index (χ1v) is 11.6. The minimum atomic E-state index is -3.44. The number of nitrogens with one attached hydrogen (secondary N) is 1. The molecule has 28 heavy (non-hydrogen) atoms. The summed E-state index contributed by atoms with van der Waals surface area (Å²) in [6.07, 6.45) is 6.89. The second kappa shape index (κ2) is 8.97. The van der Waals surface area contributed by atoms with Crippen LogP contribution in [0.2, 0.25) is 5.02 Å². The monoisotopic (exact) mass is 421 g/mol. The molecule has 1 amide bonds. The van der Waals surface area contributed by atoms with Gasteiger partial charge in [-0.1, -0.05) is 43.0 Å². The van der Waals surface area contributed by atoms with Gasteiger partial charge >= 0.3 is 0 Å². The summed E-state index contributed by atoms with van der Waals surface area (Å²) < 4.78 is 29.5. The van der Waals surface area contributed by atoms with Gasteiger partial charge in [0.2, 0.25) is 0 Å². The number of para-hydroxylation sites is 1. The van der Waals surface area contributed by atoms with E-state index in [9.17, 15) is 13.2 Å². The molecule has 3 rings (SSSR count). The first-order chi connectivity index (χ1) is 13.3. The summed E-state index contributed by atoms with van der Waals surface area (Å²) in [4.78, 5) is 12.4. The van der Waals surface area contributed by atoms with Crippen molar-refractivity contribution in [3.05, 3.63) is 53.1 Å². The average Bonchev–Trinajstić information content (AvgIpc) is 2.67. The standard InChI is InChI=1S/C21H24ClNO4S/c1-28(25,26)20-10-6-5-9-18(20)23-21(24)14-27-19-12-11-16(22)13-17(19)15-7-3-2-4-8-15/h5-6,9-13,15H,2-4,7-8,14H2,1H3,(H,23,24). The molecule has 0 bridgehead atoms. The van der Waals surface area contributed by atoms with Gasteiger partial charge in [0.25, 0.3) is 5.91 Å². The molecule has 2 aromatic carbocycles. The second-order valence-corrected chi connectivity index (χ2v) is 9.54. The molecule has 0 spiro atoms. The van der Waals surface area contributed by atoms with Gasteiger partial charge in [-0.3, -0.25) is 4.79 Å². The number of rotatable bonds is 6. The van der Waals surface area contributed by atoms with E-state index in [0.717, 1.165) is 24.7 Å². The van der Waals surface area contributed by atoms with E-state index in [2.05, 4.69) is 5.32 Å². The van der Waals surface area contributed by atoms with Crippen LogP contribution in [0.5, 0.6) is 5.75 Å². The normalized spacial score (nSPS) is 15.2. The van der Waals surface area contributed by atoms with Crippen molar-refractivity contribution in [3.63, 3.8) is 0 Å². The third kappa shape index (κ3) is 5.26. The number of carbonyl (C=O) groups excluding carboxylic acids is 1. The zero-order valence-electron chi connectivity index (χ0n) is 15.8. The molecule has 2 aromatic rings. The number of anilines is 1. The maximum Gasteiger partial charge on any atom is 0.262 e. The van der Waals surface area contributed by atoms with E-state index in [4.69, 9.17) is 16.3 Å². The quantitative estimate of drug-likeness (QED) is 0.726. The Hall–Kier alpha value is -2.05. The Morgan fingerprint density at radius 1 is 1.14 bits per heavy atom. The topological polar surface area (TPSA) is 72.5 Å². The zero-order chi connectivity index (χ0) is 20.1. The van der Waals surface area contributed by atoms with Crippen molar-refractivity contribution in [2.45, 2.75) is 42.9 Å². The van der Waals surface area contributed by atoms with E-state index in [0.29, 0.717) is 16.7 Å². The summed E-state index contributed by atoms with van der Waals surface area (Å²) in [5.41, 5.74) is 1.29. The molecule has 0 radical (unpaired) electrons. The smallest absolute Gasteiger partial charge is 0.262 e. The molecule has 150 valence electrons. The lowest BCUT2D eigenvalue weighted by atomic mass is 9.84. The number of carbonyl (C=O) groups is 1. The van der Waals surface area contributed by atoms with Crippen molar-refractivity contribution in [3.8, 4) is 5.75 Å². The molecular weight excluding hydrogens is 398 g/mol. The fourth-order valence-corrected chi connectivity index (χ4v) is 4.63. The SMILES string of the molecule is CS(=O)(=O)c1ccccc1NC(=O)COc1ccc(Cl)cc1C1CCCCC1. The molecule has 0 unspecified atom stereocenters. The van der Waals surface area contributed by atoms with E-state index >= 15 is 0 Å². The lowest BCUT2D eigenvalue weighted by Gasteiger charge is -2.24. The number of hydrogen-bond donors (Lipinski definition) is 1. The summed E-state index contributed by atoms with van der Waals surface area (Å²) >= 11 is 6.17. The molecule has 0 saturated heterocycles. The Kier molecular flexibility index (Phi) is 6.62. The van der Waals surface area contributed by atoms with Crippen LogP contribution in [0, 0.1) is 0 Å². The molecule has 5 nitrogen and oxygen atoms in total. The van der Waals surface area contributed by atoms with Gasteiger partial charge < -0.3 is 10.1 Å². The van der Waals surface area contributed by atoms with Crippen molar-refractivity contribution >= 4 is 33.0 Å². The first kappa shape index (κ1) is 20.7. The number of benzene rings is 2. The molecule has 1 fully saturated rings. The van der Waals surface area contributed by atoms with Gasteiger partial charge in [-0.05, 0) is 54.7 Å². The van der Waals surface area contributed by atoms with Crippen LogP contribution in [0.25, 0.3) is 0 Å². The molecule has 1 aliphatic carbocycles. The Balaban J connectivity index is 1.70. The van der Waals surface area contributed by atoms with Crippen molar-refractivity contribution in [1.82, 2.24) is 0 Å². The predicted octanol–water partition coefficient (Wildman–Crippen LogP) is 4.81. The fourth-order valence-electron chi connectivity index (χ4n) is 3.61. The summed E-state index contributed by atoms with van der Waals surface area (Å²) in [7, 11) is -3.44. The minimum Gasteiger partial charge on any atom is -0.483 e. The van der Waals surface area contributed by atoms with Crippen LogP contribution >= 0.6 is 11.6 Å². The largest absolute Gasteiger partial charge is 0.483 e. The van der Waals surface area contributed by atoms with Crippen molar-refractivity contribution in [2.75, 3.05) is 18.2 Å². The van der Waals surface area contributed by atoms with Gasteiger partial charge in [0, 0.05) is 11.3 Å². The van der Waals surface area contributed by atoms with Crippen LogP contribution in [0.4, 0.5) is 5.69 Å². The van der Waals surface area contributed by atoms with Crippen LogP contribution < -0.4 is 10.1 Å². The zero-order valence-corrected chi connectivity index (χ0v) is 17.4. The Morgan fingerprint density at radius 3 is 2.57 bits per heavy atom. The van der Waals surface area contributed by atoms with Gasteiger partial charge in [-0.2, -0.15) is 0 Å². The third-order valence-corrected chi connectivity index (χ3v) is 6.33. The van der Waals surface area contributed by atoms with Crippen LogP contribution in [0.15, 0.2) is 47.4 Å². The average molecular weight is 422 g/mol. The maximum absolute atomic E-state index is 12.4. The molecule has 0 aromatic heterocycles. The molecule has 1 saturated carbocycles. The number of sulfone groups is 1. The number of halogens is 1. The number of hydrogen-bond acceptors (Lipinski definition) is 4. The van der Waals surface area contributed by atoms with E-state index < -0.39 is 15.7 Å². The van der Waals surface area contributed by atoms with Crippen LogP contribution in [0.1, 0.15) is 43.6 Å². The summed E-state index contributed by atoms with van der Waals surface area (Å²) in [5, 5.41) is 3.28. The highest BCUT2D eigenvalue weighted by atomic mass is 35.5.